The second-order valence-electron chi connectivity index (χ2n) is 4.59. The monoisotopic (exact) mass is 243 g/mol. The number of allylic oxidation sites excluding steroid dienone is 1. The van der Waals surface area contributed by atoms with E-state index in [1.807, 2.05) is 0 Å². The minimum Gasteiger partial charge on any atom is -0.464 e. The molecule has 17 heavy (non-hydrogen) atoms. The summed E-state index contributed by atoms with van der Waals surface area (Å²) in [4.78, 5) is 22.9. The van der Waals surface area contributed by atoms with Gasteiger partial charge in [0.15, 0.2) is 0 Å². The molecule has 0 aliphatic heterocycles. The zero-order chi connectivity index (χ0) is 13.6. The van der Waals surface area contributed by atoms with Gasteiger partial charge in [0, 0.05) is 0 Å². The standard InChI is InChI=1S/C12H21NO4/c1-7-9(11(15)16-6)13-8(2)10(14)17-12(3,4)5/h7-8,13H,1-6H3/b9-7-/t8-/m1/s1. The molecule has 0 unspecified atom stereocenters. The number of methoxy groups -OCH3 is 1. The van der Waals surface area contributed by atoms with Crippen LogP contribution in [0, 0.1) is 0 Å². The average molecular weight is 243 g/mol. The van der Waals surface area contributed by atoms with Gasteiger partial charge in [-0.05, 0) is 34.6 Å². The Hall–Kier alpha value is -1.52. The molecule has 0 radical (unpaired) electrons. The molecule has 0 rings (SSSR count). The van der Waals surface area contributed by atoms with Gasteiger partial charge in [-0.15, -0.1) is 0 Å². The van der Waals surface area contributed by atoms with E-state index >= 15 is 0 Å². The van der Waals surface area contributed by atoms with Crippen molar-refractivity contribution in [3.63, 3.8) is 0 Å². The highest BCUT2D eigenvalue weighted by Gasteiger charge is 2.23. The van der Waals surface area contributed by atoms with Crippen LogP contribution in [0.25, 0.3) is 0 Å². The Bertz CT molecular complexity index is 315. The molecule has 0 aromatic rings. The van der Waals surface area contributed by atoms with E-state index in [1.54, 1.807) is 40.7 Å². The Labute approximate surface area is 102 Å². The van der Waals surface area contributed by atoms with Crippen LogP contribution in [0.2, 0.25) is 0 Å². The van der Waals surface area contributed by atoms with Crippen molar-refractivity contribution in [1.29, 1.82) is 0 Å². The number of nitrogens with one attached hydrogen (secondary N) is 1. The van der Waals surface area contributed by atoms with Crippen LogP contribution in [0.3, 0.4) is 0 Å². The maximum Gasteiger partial charge on any atom is 0.353 e. The van der Waals surface area contributed by atoms with Gasteiger partial charge >= 0.3 is 11.9 Å². The van der Waals surface area contributed by atoms with Crippen molar-refractivity contribution in [1.82, 2.24) is 5.32 Å². The first-order chi connectivity index (χ1) is 7.71. The van der Waals surface area contributed by atoms with E-state index in [1.165, 1.54) is 7.11 Å². The van der Waals surface area contributed by atoms with E-state index in [2.05, 4.69) is 10.1 Å². The number of esters is 2. The molecular weight excluding hydrogens is 222 g/mol. The normalized spacial score (nSPS) is 13.9. The summed E-state index contributed by atoms with van der Waals surface area (Å²) in [6.07, 6.45) is 1.55. The Morgan fingerprint density at radius 1 is 1.29 bits per heavy atom. The van der Waals surface area contributed by atoms with Gasteiger partial charge < -0.3 is 14.8 Å². The summed E-state index contributed by atoms with van der Waals surface area (Å²) in [5.41, 5.74) is -0.306. The number of ether oxygens (including phenoxy) is 2. The predicted octanol–water partition coefficient (Wildman–Crippen LogP) is 1.38. The summed E-state index contributed by atoms with van der Waals surface area (Å²) < 4.78 is 9.74. The quantitative estimate of drug-likeness (QED) is 0.597. The molecule has 98 valence electrons. The fourth-order valence-electron chi connectivity index (χ4n) is 1.05. The van der Waals surface area contributed by atoms with Crippen molar-refractivity contribution >= 4 is 11.9 Å². The number of carbonyl (C=O) groups excluding carboxylic acids is 2. The summed E-state index contributed by atoms with van der Waals surface area (Å²) in [7, 11) is 1.28. The SMILES string of the molecule is C/C=C(\N[C@H](C)C(=O)OC(C)(C)C)C(=O)OC. The first kappa shape index (κ1) is 15.5. The Balaban J connectivity index is 4.48. The topological polar surface area (TPSA) is 64.6 Å². The van der Waals surface area contributed by atoms with Gasteiger partial charge in [0.05, 0.1) is 7.11 Å². The molecule has 5 nitrogen and oxygen atoms in total. The molecule has 0 aliphatic rings. The fraction of sp³-hybridized carbons (Fsp3) is 0.667. The summed E-state index contributed by atoms with van der Waals surface area (Å²) >= 11 is 0. The molecule has 1 N–H and O–H groups in total. The minimum absolute atomic E-state index is 0.242. The molecule has 0 saturated heterocycles. The van der Waals surface area contributed by atoms with E-state index < -0.39 is 23.6 Å². The van der Waals surface area contributed by atoms with Gasteiger partial charge in [0.25, 0.3) is 0 Å². The maximum atomic E-state index is 11.7. The molecule has 0 aromatic heterocycles. The third kappa shape index (κ3) is 5.94. The van der Waals surface area contributed by atoms with Gasteiger partial charge in [-0.25, -0.2) is 9.59 Å². The van der Waals surface area contributed by atoms with Crippen LogP contribution in [0.4, 0.5) is 0 Å². The van der Waals surface area contributed by atoms with Crippen molar-refractivity contribution < 1.29 is 19.1 Å². The zero-order valence-corrected chi connectivity index (χ0v) is 11.3. The summed E-state index contributed by atoms with van der Waals surface area (Å²) in [5.74, 6) is -0.927. The lowest BCUT2D eigenvalue weighted by molar-refractivity contribution is -0.156. The lowest BCUT2D eigenvalue weighted by Gasteiger charge is -2.23. The van der Waals surface area contributed by atoms with E-state index in [9.17, 15) is 9.59 Å². The van der Waals surface area contributed by atoms with Gasteiger partial charge in [0.2, 0.25) is 0 Å². The molecule has 1 atom stereocenters. The average Bonchev–Trinajstić information content (AvgIpc) is 2.21. The van der Waals surface area contributed by atoms with Crippen LogP contribution in [-0.2, 0) is 19.1 Å². The van der Waals surface area contributed by atoms with E-state index in [0.29, 0.717) is 0 Å². The molecule has 0 saturated carbocycles. The van der Waals surface area contributed by atoms with Crippen molar-refractivity contribution in [3.05, 3.63) is 11.8 Å². The van der Waals surface area contributed by atoms with Crippen LogP contribution >= 0.6 is 0 Å². The fourth-order valence-corrected chi connectivity index (χ4v) is 1.05. The number of hydrogen-bond acceptors (Lipinski definition) is 5. The van der Waals surface area contributed by atoms with E-state index in [-0.39, 0.29) is 5.70 Å². The molecule has 0 fully saturated rings. The van der Waals surface area contributed by atoms with Crippen LogP contribution in [-0.4, -0.2) is 30.7 Å². The van der Waals surface area contributed by atoms with Gasteiger partial charge in [-0.2, -0.15) is 0 Å². The molecule has 0 amide bonds. The Morgan fingerprint density at radius 3 is 2.18 bits per heavy atom. The Morgan fingerprint density at radius 2 is 1.82 bits per heavy atom. The number of hydrogen-bond donors (Lipinski definition) is 1. The molecule has 0 aliphatic carbocycles. The number of rotatable bonds is 4. The third-order valence-electron chi connectivity index (χ3n) is 1.83. The largest absolute Gasteiger partial charge is 0.464 e. The van der Waals surface area contributed by atoms with E-state index in [0.717, 1.165) is 0 Å². The van der Waals surface area contributed by atoms with Crippen LogP contribution in [0.1, 0.15) is 34.6 Å². The van der Waals surface area contributed by atoms with Gasteiger partial charge in [0.1, 0.15) is 17.3 Å². The predicted molar refractivity (Wildman–Crippen MR) is 64.2 cm³/mol. The van der Waals surface area contributed by atoms with Gasteiger partial charge in [-0.1, -0.05) is 6.08 Å². The molecule has 5 heteroatoms. The molecular formula is C12H21NO4. The molecule has 0 aromatic carbocycles. The maximum absolute atomic E-state index is 11.7. The lowest BCUT2D eigenvalue weighted by Crippen LogP contribution is -2.40. The second-order valence-corrected chi connectivity index (χ2v) is 4.59. The molecule has 0 bridgehead atoms. The smallest absolute Gasteiger partial charge is 0.353 e. The van der Waals surface area contributed by atoms with Crippen molar-refractivity contribution in [3.8, 4) is 0 Å². The van der Waals surface area contributed by atoms with E-state index in [4.69, 9.17) is 4.74 Å². The van der Waals surface area contributed by atoms with Crippen LogP contribution < -0.4 is 5.32 Å². The highest BCUT2D eigenvalue weighted by atomic mass is 16.6. The number of carbonyl (C=O) groups is 2. The minimum atomic E-state index is -0.612. The summed E-state index contributed by atoms with van der Waals surface area (Å²) in [5, 5.41) is 2.75. The highest BCUT2D eigenvalue weighted by molar-refractivity contribution is 5.89. The lowest BCUT2D eigenvalue weighted by atomic mass is 10.2. The molecule has 0 spiro atoms. The Kier molecular flexibility index (Phi) is 5.71. The highest BCUT2D eigenvalue weighted by Crippen LogP contribution is 2.09. The van der Waals surface area contributed by atoms with Crippen molar-refractivity contribution in [2.75, 3.05) is 7.11 Å². The van der Waals surface area contributed by atoms with Crippen molar-refractivity contribution in [2.45, 2.75) is 46.3 Å². The summed E-state index contributed by atoms with van der Waals surface area (Å²) in [6, 6.07) is -0.612. The van der Waals surface area contributed by atoms with Crippen molar-refractivity contribution in [2.24, 2.45) is 0 Å². The first-order valence-corrected chi connectivity index (χ1v) is 5.45. The molecule has 0 heterocycles. The van der Waals surface area contributed by atoms with Crippen LogP contribution in [0.15, 0.2) is 11.8 Å². The second kappa shape index (κ2) is 6.27. The summed E-state index contributed by atoms with van der Waals surface area (Å²) in [6.45, 7) is 8.67. The third-order valence-corrected chi connectivity index (χ3v) is 1.83. The van der Waals surface area contributed by atoms with Gasteiger partial charge in [-0.3, -0.25) is 0 Å². The zero-order valence-electron chi connectivity index (χ0n) is 11.3. The van der Waals surface area contributed by atoms with Crippen LogP contribution in [0.5, 0.6) is 0 Å². The first-order valence-electron chi connectivity index (χ1n) is 5.45.